The third-order valence-electron chi connectivity index (χ3n) is 0. The van der Waals surface area contributed by atoms with Crippen molar-refractivity contribution in [2.75, 3.05) is 0 Å². The van der Waals surface area contributed by atoms with E-state index in [0.29, 0.717) is 0 Å². The minimum atomic E-state index is 0. The average molecular weight is 194 g/mol. The summed E-state index contributed by atoms with van der Waals surface area (Å²) < 4.78 is 0. The van der Waals surface area contributed by atoms with Crippen molar-refractivity contribution in [2.24, 2.45) is 0 Å². The van der Waals surface area contributed by atoms with E-state index in [1.165, 1.54) is 0 Å². The molecular formula is H8F6MgTi. The van der Waals surface area contributed by atoms with Gasteiger partial charge in [0, 0.05) is 21.7 Å². The van der Waals surface area contributed by atoms with Gasteiger partial charge in [-0.2, -0.15) is 0 Å². The van der Waals surface area contributed by atoms with Crippen molar-refractivity contribution in [3.8, 4) is 0 Å². The Labute approximate surface area is 73.0 Å². The van der Waals surface area contributed by atoms with Crippen molar-refractivity contribution in [2.45, 2.75) is 0 Å². The normalized spacial score (nSPS) is 0. The Morgan fingerprint density at radius 1 is 0.375 bits per heavy atom. The van der Waals surface area contributed by atoms with Gasteiger partial charge in [-0.3, -0.25) is 28.2 Å². The minimum absolute atomic E-state index is 0. The summed E-state index contributed by atoms with van der Waals surface area (Å²) in [6.45, 7) is 0. The molecule has 0 N–H and O–H groups in total. The van der Waals surface area contributed by atoms with E-state index in [1.807, 2.05) is 0 Å². The molecule has 0 aliphatic rings. The number of hydrogen-bond acceptors (Lipinski definition) is 0. The molecule has 0 saturated carbocycles. The van der Waals surface area contributed by atoms with Crippen LogP contribution in [0.2, 0.25) is 0 Å². The summed E-state index contributed by atoms with van der Waals surface area (Å²) in [4.78, 5) is 0. The number of halogens is 6. The van der Waals surface area contributed by atoms with Gasteiger partial charge in [0.15, 0.2) is 0 Å². The average Bonchev–Trinajstić information content (AvgIpc) is 0. The van der Waals surface area contributed by atoms with Crippen molar-refractivity contribution < 1.29 is 49.9 Å². The first-order chi connectivity index (χ1) is 0. The van der Waals surface area contributed by atoms with E-state index in [1.54, 1.807) is 0 Å². The van der Waals surface area contributed by atoms with E-state index in [2.05, 4.69) is 0 Å². The van der Waals surface area contributed by atoms with Crippen LogP contribution in [0, 0.1) is 0 Å². The second-order valence-electron chi connectivity index (χ2n) is 0. The third-order valence-corrected chi connectivity index (χ3v) is 0. The molecule has 0 heterocycles. The van der Waals surface area contributed by atoms with Crippen LogP contribution in [-0.4, -0.2) is 23.1 Å². The predicted molar refractivity (Wildman–Crippen MR) is 23.6 cm³/mol. The molecule has 0 nitrogen and oxygen atoms in total. The molecule has 0 aliphatic carbocycles. The summed E-state index contributed by atoms with van der Waals surface area (Å²) in [6.07, 6.45) is 0. The molecule has 56 valence electrons. The van der Waals surface area contributed by atoms with Crippen molar-refractivity contribution >= 4 is 23.1 Å². The van der Waals surface area contributed by atoms with Gasteiger partial charge in [-0.05, 0) is 0 Å². The van der Waals surface area contributed by atoms with Crippen LogP contribution in [0.1, 0.15) is 0 Å². The van der Waals surface area contributed by atoms with Crippen LogP contribution < -0.4 is 0 Å². The van der Waals surface area contributed by atoms with E-state index in [0.717, 1.165) is 0 Å². The van der Waals surface area contributed by atoms with E-state index in [4.69, 9.17) is 0 Å². The van der Waals surface area contributed by atoms with Crippen LogP contribution in [0.5, 0.6) is 0 Å². The maximum absolute atomic E-state index is 0. The molecule has 0 atom stereocenters. The molecule has 0 saturated heterocycles. The predicted octanol–water partition coefficient (Wildman–Crippen LogP) is -0.00370. The third kappa shape index (κ3) is 231. The SMILES string of the molecule is F.F.F.F.F.F.[MgH2].[Ti]. The number of rotatable bonds is 0. The fourth-order valence-electron chi connectivity index (χ4n) is 0. The summed E-state index contributed by atoms with van der Waals surface area (Å²) in [6, 6.07) is 0. The molecule has 8 heavy (non-hydrogen) atoms. The van der Waals surface area contributed by atoms with Crippen molar-refractivity contribution in [3.63, 3.8) is 0 Å². The Morgan fingerprint density at radius 2 is 0.375 bits per heavy atom. The smallest absolute Gasteiger partial charge is 0.269 e. The summed E-state index contributed by atoms with van der Waals surface area (Å²) in [5.74, 6) is 0. The van der Waals surface area contributed by atoms with Gasteiger partial charge in [0.25, 0.3) is 0 Å². The first-order valence-electron chi connectivity index (χ1n) is 0. The first-order valence-corrected chi connectivity index (χ1v) is 0. The summed E-state index contributed by atoms with van der Waals surface area (Å²) in [5, 5.41) is 0. The summed E-state index contributed by atoms with van der Waals surface area (Å²) in [5.41, 5.74) is 0. The minimum Gasteiger partial charge on any atom is -0.269 e. The van der Waals surface area contributed by atoms with E-state index < -0.39 is 0 Å². The Morgan fingerprint density at radius 3 is 0.375 bits per heavy atom. The second-order valence-corrected chi connectivity index (χ2v) is 0. The Bertz CT molecular complexity index is 8.49. The monoisotopic (exact) mass is 194 g/mol. The van der Waals surface area contributed by atoms with Gasteiger partial charge in [0.1, 0.15) is 0 Å². The molecule has 0 aliphatic heterocycles. The molecule has 0 aromatic carbocycles. The molecule has 0 radical (unpaired) electrons. The quantitative estimate of drug-likeness (QED) is 0.376. The zero-order valence-electron chi connectivity index (χ0n) is 2.95. The van der Waals surface area contributed by atoms with Gasteiger partial charge >= 0.3 is 23.1 Å². The zero-order valence-corrected chi connectivity index (χ0v) is 4.51. The van der Waals surface area contributed by atoms with Crippen LogP contribution in [0.25, 0.3) is 0 Å². The summed E-state index contributed by atoms with van der Waals surface area (Å²) >= 11 is 0. The van der Waals surface area contributed by atoms with Crippen molar-refractivity contribution in [3.05, 3.63) is 0 Å². The second kappa shape index (κ2) is 357. The van der Waals surface area contributed by atoms with Gasteiger partial charge in [0.2, 0.25) is 0 Å². The van der Waals surface area contributed by atoms with Crippen LogP contribution in [0.4, 0.5) is 28.2 Å². The fourth-order valence-corrected chi connectivity index (χ4v) is 0. The molecule has 0 spiro atoms. The molecule has 8 heteroatoms. The molecule has 0 rings (SSSR count). The fraction of sp³-hybridized carbons (Fsp3) is 0. The Hall–Kier alpha value is 1.06. The maximum atomic E-state index is 0. The largest absolute Gasteiger partial charge is 0.316 e. The molecular weight excluding hydrogens is 186 g/mol. The molecule has 0 aromatic rings. The number of hydrogen-bond donors (Lipinski definition) is 0. The molecule has 0 amide bonds. The van der Waals surface area contributed by atoms with E-state index >= 15 is 0 Å². The maximum Gasteiger partial charge on any atom is 0.316 e. The van der Waals surface area contributed by atoms with Crippen LogP contribution >= 0.6 is 0 Å². The van der Waals surface area contributed by atoms with Gasteiger partial charge in [0.05, 0.1) is 0 Å². The molecule has 0 aromatic heterocycles. The molecule has 0 fully saturated rings. The van der Waals surface area contributed by atoms with E-state index in [9.17, 15) is 0 Å². The standard InChI is InChI=1S/6FH.Mg.Ti.2H/h6*1H;;;;. The zero-order chi connectivity index (χ0) is 0. The molecule has 0 unspecified atom stereocenters. The van der Waals surface area contributed by atoms with Gasteiger partial charge in [-0.15, -0.1) is 0 Å². The van der Waals surface area contributed by atoms with Crippen molar-refractivity contribution in [1.82, 2.24) is 0 Å². The topological polar surface area (TPSA) is 0 Å². The van der Waals surface area contributed by atoms with Gasteiger partial charge < -0.3 is 0 Å². The summed E-state index contributed by atoms with van der Waals surface area (Å²) in [7, 11) is 0. The van der Waals surface area contributed by atoms with Crippen LogP contribution in [0.3, 0.4) is 0 Å². The Balaban J connectivity index is 0. The van der Waals surface area contributed by atoms with Gasteiger partial charge in [-0.25, -0.2) is 0 Å². The Kier molecular flexibility index (Phi) is 23400. The molecule has 0 bridgehead atoms. The van der Waals surface area contributed by atoms with Crippen molar-refractivity contribution in [1.29, 1.82) is 0 Å². The van der Waals surface area contributed by atoms with Crippen LogP contribution in [-0.2, 0) is 21.7 Å². The van der Waals surface area contributed by atoms with Crippen LogP contribution in [0.15, 0.2) is 0 Å². The first kappa shape index (κ1) is 523. The van der Waals surface area contributed by atoms with E-state index in [-0.39, 0.29) is 73.0 Å². The van der Waals surface area contributed by atoms with Gasteiger partial charge in [-0.1, -0.05) is 0 Å².